The summed E-state index contributed by atoms with van der Waals surface area (Å²) in [5, 5.41) is 16.6. The van der Waals surface area contributed by atoms with Gasteiger partial charge in [0.2, 0.25) is 5.91 Å². The summed E-state index contributed by atoms with van der Waals surface area (Å²) in [6, 6.07) is 15.7. The molecule has 3 aromatic rings. The van der Waals surface area contributed by atoms with E-state index in [2.05, 4.69) is 10.6 Å². The molecule has 0 radical (unpaired) electrons. The second-order valence-electron chi connectivity index (χ2n) is 11.8. The number of amides is 3. The minimum absolute atomic E-state index is 0.0397. The first-order valence-electron chi connectivity index (χ1n) is 16.2. The van der Waals surface area contributed by atoms with Gasteiger partial charge in [0.25, 0.3) is 11.8 Å². The molecule has 0 aromatic heterocycles. The third-order valence-corrected chi connectivity index (χ3v) is 7.69. The molecule has 252 valence electrons. The maximum atomic E-state index is 14.0. The minimum atomic E-state index is -1.19. The van der Waals surface area contributed by atoms with E-state index >= 15 is 0 Å². The molecule has 3 N–H and O–H groups in total. The second-order valence-corrected chi connectivity index (χ2v) is 11.8. The zero-order valence-electron chi connectivity index (χ0n) is 27.4. The van der Waals surface area contributed by atoms with Crippen molar-refractivity contribution in [1.29, 1.82) is 0 Å². The zero-order valence-corrected chi connectivity index (χ0v) is 27.4. The van der Waals surface area contributed by atoms with Crippen molar-refractivity contribution in [3.05, 3.63) is 106 Å². The predicted molar refractivity (Wildman–Crippen MR) is 177 cm³/mol. The lowest BCUT2D eigenvalue weighted by Crippen LogP contribution is -2.46. The molecule has 0 spiro atoms. The summed E-state index contributed by atoms with van der Waals surface area (Å²) in [4.78, 5) is 53.2. The van der Waals surface area contributed by atoms with Gasteiger partial charge in [-0.2, -0.15) is 0 Å². The second kappa shape index (κ2) is 18.6. The van der Waals surface area contributed by atoms with Gasteiger partial charge in [0.1, 0.15) is 11.6 Å². The Morgan fingerprint density at radius 2 is 1.47 bits per heavy atom. The molecule has 2 atom stereocenters. The predicted octanol–water partition coefficient (Wildman–Crippen LogP) is 5.80. The van der Waals surface area contributed by atoms with Crippen LogP contribution in [0.15, 0.2) is 66.7 Å². The lowest BCUT2D eigenvalue weighted by atomic mass is 9.97. The van der Waals surface area contributed by atoms with Gasteiger partial charge in [0, 0.05) is 55.2 Å². The lowest BCUT2D eigenvalue weighted by Gasteiger charge is -2.25. The molecule has 3 rings (SSSR count). The highest BCUT2D eigenvalue weighted by molar-refractivity contribution is 6.00. The Hall–Kier alpha value is -4.44. The van der Waals surface area contributed by atoms with Crippen molar-refractivity contribution in [2.45, 2.75) is 77.9 Å². The van der Waals surface area contributed by atoms with Crippen LogP contribution in [0.4, 0.5) is 8.78 Å². The number of hydrogen-bond donors (Lipinski definition) is 3. The summed E-state index contributed by atoms with van der Waals surface area (Å²) in [5.74, 6) is -2.66. The molecule has 0 bridgehead atoms. The average molecular weight is 650 g/mol. The van der Waals surface area contributed by atoms with Crippen LogP contribution in [0.25, 0.3) is 0 Å². The molecule has 0 fully saturated rings. The number of aryl methyl sites for hydroxylation is 1. The van der Waals surface area contributed by atoms with E-state index in [0.29, 0.717) is 36.2 Å². The van der Waals surface area contributed by atoms with Crippen LogP contribution in [0.2, 0.25) is 0 Å². The van der Waals surface area contributed by atoms with Gasteiger partial charge in [0.15, 0.2) is 5.78 Å². The average Bonchev–Trinajstić information content (AvgIpc) is 3.03. The summed E-state index contributed by atoms with van der Waals surface area (Å²) >= 11 is 0. The fourth-order valence-electron chi connectivity index (χ4n) is 5.42. The molecule has 0 saturated carbocycles. The third-order valence-electron chi connectivity index (χ3n) is 7.69. The Labute approximate surface area is 275 Å². The number of benzene rings is 3. The first-order valence-corrected chi connectivity index (χ1v) is 16.2. The smallest absolute Gasteiger partial charge is 0.253 e. The van der Waals surface area contributed by atoms with E-state index in [-0.39, 0.29) is 61.0 Å². The van der Waals surface area contributed by atoms with Crippen LogP contribution >= 0.6 is 0 Å². The Morgan fingerprint density at radius 1 is 0.830 bits per heavy atom. The number of nitrogens with zero attached hydrogens (tertiary/aromatic N) is 1. The Kier molecular flexibility index (Phi) is 14.7. The summed E-state index contributed by atoms with van der Waals surface area (Å²) in [7, 11) is 0. The highest BCUT2D eigenvalue weighted by Gasteiger charge is 2.24. The van der Waals surface area contributed by atoms with Gasteiger partial charge < -0.3 is 20.6 Å². The third kappa shape index (κ3) is 12.0. The molecule has 0 aliphatic rings. The Bertz CT molecular complexity index is 1490. The summed E-state index contributed by atoms with van der Waals surface area (Å²) in [5.41, 5.74) is 2.10. The van der Waals surface area contributed by atoms with Crippen LogP contribution in [0.3, 0.4) is 0 Å². The van der Waals surface area contributed by atoms with E-state index in [1.807, 2.05) is 19.9 Å². The molecule has 10 heteroatoms. The summed E-state index contributed by atoms with van der Waals surface area (Å²) < 4.78 is 28.0. The number of Topliss-reactive ketones (excluding diaryl/α,β-unsaturated/α-hetero) is 1. The van der Waals surface area contributed by atoms with Gasteiger partial charge in [-0.3, -0.25) is 19.2 Å². The van der Waals surface area contributed by atoms with Crippen LogP contribution in [0, 0.1) is 18.6 Å². The van der Waals surface area contributed by atoms with Gasteiger partial charge >= 0.3 is 0 Å². The van der Waals surface area contributed by atoms with E-state index in [1.54, 1.807) is 48.2 Å². The molecule has 0 saturated heterocycles. The molecule has 0 unspecified atom stereocenters. The van der Waals surface area contributed by atoms with Crippen molar-refractivity contribution in [3.63, 3.8) is 0 Å². The number of carbonyl (C=O) groups is 4. The van der Waals surface area contributed by atoms with Crippen molar-refractivity contribution in [3.8, 4) is 0 Å². The highest BCUT2D eigenvalue weighted by atomic mass is 19.1. The minimum Gasteiger partial charge on any atom is -0.391 e. The zero-order chi connectivity index (χ0) is 34.3. The quantitative estimate of drug-likeness (QED) is 0.151. The van der Waals surface area contributed by atoms with Crippen LogP contribution in [-0.2, 0) is 11.2 Å². The Morgan fingerprint density at radius 3 is 2.11 bits per heavy atom. The van der Waals surface area contributed by atoms with Gasteiger partial charge in [-0.25, -0.2) is 8.78 Å². The van der Waals surface area contributed by atoms with Crippen molar-refractivity contribution in [2.75, 3.05) is 19.6 Å². The number of hydrogen-bond acceptors (Lipinski definition) is 5. The highest BCUT2D eigenvalue weighted by Crippen LogP contribution is 2.17. The summed E-state index contributed by atoms with van der Waals surface area (Å²) in [6.07, 6.45) is 1.05. The molecule has 3 aromatic carbocycles. The number of halogens is 2. The SMILES string of the molecule is CCCN(CCC)C(=O)c1cc(C)cc(C(=O)N[C@@H](Cc2cc(F)cc(F)c2)[C@@H](O)CCNC(=O)CCCC(=O)c2ccccc2)c1. The van der Waals surface area contributed by atoms with Crippen LogP contribution in [0.5, 0.6) is 0 Å². The van der Waals surface area contributed by atoms with Gasteiger partial charge in [-0.1, -0.05) is 44.2 Å². The van der Waals surface area contributed by atoms with Crippen molar-refractivity contribution >= 4 is 23.5 Å². The molecular formula is C37H45F2N3O5. The molecule has 47 heavy (non-hydrogen) atoms. The monoisotopic (exact) mass is 649 g/mol. The first kappa shape index (κ1) is 37.0. The summed E-state index contributed by atoms with van der Waals surface area (Å²) in [6.45, 7) is 7.00. The number of carbonyl (C=O) groups excluding carboxylic acids is 4. The fourth-order valence-corrected chi connectivity index (χ4v) is 5.42. The molecular weight excluding hydrogens is 604 g/mol. The Balaban J connectivity index is 1.67. The molecule has 3 amide bonds. The van der Waals surface area contributed by atoms with E-state index in [9.17, 15) is 33.1 Å². The maximum absolute atomic E-state index is 14.0. The maximum Gasteiger partial charge on any atom is 0.253 e. The van der Waals surface area contributed by atoms with Crippen LogP contribution < -0.4 is 10.6 Å². The molecule has 0 heterocycles. The number of rotatable bonds is 18. The first-order chi connectivity index (χ1) is 22.5. The number of ketones is 1. The van der Waals surface area contributed by atoms with Crippen molar-refractivity contribution in [2.24, 2.45) is 0 Å². The van der Waals surface area contributed by atoms with Crippen molar-refractivity contribution < 1.29 is 33.1 Å². The lowest BCUT2D eigenvalue weighted by molar-refractivity contribution is -0.121. The van der Waals surface area contributed by atoms with Crippen molar-refractivity contribution in [1.82, 2.24) is 15.5 Å². The molecule has 8 nitrogen and oxygen atoms in total. The largest absolute Gasteiger partial charge is 0.391 e. The van der Waals surface area contributed by atoms with Gasteiger partial charge in [-0.15, -0.1) is 0 Å². The van der Waals surface area contributed by atoms with Gasteiger partial charge in [-0.05, 0) is 80.5 Å². The number of nitrogens with one attached hydrogen (secondary N) is 2. The molecule has 0 aliphatic heterocycles. The topological polar surface area (TPSA) is 116 Å². The van der Waals surface area contributed by atoms with Crippen LogP contribution in [-0.4, -0.2) is 65.3 Å². The normalized spacial score (nSPS) is 12.2. The number of aliphatic hydroxyl groups excluding tert-OH is 1. The van der Waals surface area contributed by atoms with E-state index in [1.165, 1.54) is 6.07 Å². The van der Waals surface area contributed by atoms with E-state index in [0.717, 1.165) is 31.0 Å². The van der Waals surface area contributed by atoms with Gasteiger partial charge in [0.05, 0.1) is 12.1 Å². The molecule has 0 aliphatic carbocycles. The fraction of sp³-hybridized carbons (Fsp3) is 0.405. The van der Waals surface area contributed by atoms with E-state index < -0.39 is 29.7 Å². The number of aliphatic hydroxyl groups is 1. The standard InChI is InChI=1S/C37H45F2N3O5/c1-4-16-42(17-5-2)37(47)29-19-25(3)18-28(23-29)36(46)41-32(22-26-20-30(38)24-31(39)21-26)34(44)14-15-40-35(45)13-9-12-33(43)27-10-7-6-8-11-27/h6-8,10-11,18-21,23-24,32,34,44H,4-5,9,12-17,22H2,1-3H3,(H,40,45)(H,41,46)/t32-,34-/m0/s1. The van der Waals surface area contributed by atoms with E-state index in [4.69, 9.17) is 0 Å². The van der Waals surface area contributed by atoms with Crippen LogP contribution in [0.1, 0.15) is 94.6 Å².